The third kappa shape index (κ3) is 3.04. The smallest absolute Gasteiger partial charge is 0.235 e. The van der Waals surface area contributed by atoms with E-state index in [1.807, 2.05) is 6.08 Å². The number of hydrogen-bond donors (Lipinski definition) is 3. The Morgan fingerprint density at radius 2 is 1.96 bits per heavy atom. The molecule has 6 heteroatoms. The van der Waals surface area contributed by atoms with Crippen LogP contribution in [0.4, 0.5) is 0 Å². The molecular weight excluding hydrogens is 358 g/mol. The number of ketones is 1. The summed E-state index contributed by atoms with van der Waals surface area (Å²) in [6.45, 7) is 6.34. The molecule has 1 saturated carbocycles. The normalized spacial score (nSPS) is 49.5. The number of aliphatic hydroxyl groups excluding tert-OH is 2. The molecule has 3 N–H and O–H groups in total. The number of ether oxygens (including phenoxy) is 1. The molecule has 0 aromatic heterocycles. The average Bonchev–Trinajstić information content (AvgIpc) is 3.34. The van der Waals surface area contributed by atoms with Gasteiger partial charge in [0.25, 0.3) is 0 Å². The van der Waals surface area contributed by atoms with Gasteiger partial charge in [-0.2, -0.15) is 0 Å². The summed E-state index contributed by atoms with van der Waals surface area (Å²) < 4.78 is 5.97. The molecule has 0 unspecified atom stereocenters. The van der Waals surface area contributed by atoms with E-state index in [1.54, 1.807) is 6.08 Å². The van der Waals surface area contributed by atoms with E-state index in [-0.39, 0.29) is 54.1 Å². The minimum atomic E-state index is -1.21. The largest absolute Gasteiger partial charge is 0.393 e. The Labute approximate surface area is 166 Å². The topological polar surface area (TPSA) is 99.2 Å². The van der Waals surface area contributed by atoms with Crippen LogP contribution in [0.3, 0.4) is 0 Å². The predicted molar refractivity (Wildman–Crippen MR) is 103 cm³/mol. The van der Waals surface area contributed by atoms with Gasteiger partial charge in [0.05, 0.1) is 24.4 Å². The number of epoxide rings is 1. The lowest BCUT2D eigenvalue weighted by Gasteiger charge is -2.44. The van der Waals surface area contributed by atoms with Gasteiger partial charge in [0.15, 0.2) is 5.78 Å². The Hall–Kier alpha value is -1.24. The van der Waals surface area contributed by atoms with Crippen LogP contribution in [0.5, 0.6) is 0 Å². The lowest BCUT2D eigenvalue weighted by molar-refractivity contribution is -0.149. The molecule has 3 fully saturated rings. The number of carbonyl (C=O) groups is 2. The van der Waals surface area contributed by atoms with Crippen LogP contribution in [0, 0.1) is 29.1 Å². The molecular formula is C22H33NO5. The number of hydrogen-bond acceptors (Lipinski definition) is 5. The van der Waals surface area contributed by atoms with E-state index in [4.69, 9.17) is 4.74 Å². The van der Waals surface area contributed by atoms with Crippen LogP contribution in [0.25, 0.3) is 0 Å². The highest BCUT2D eigenvalue weighted by Gasteiger charge is 2.74. The second kappa shape index (κ2) is 7.22. The Morgan fingerprint density at radius 3 is 2.68 bits per heavy atom. The van der Waals surface area contributed by atoms with Crippen LogP contribution in [-0.2, 0) is 14.3 Å². The van der Waals surface area contributed by atoms with Gasteiger partial charge in [-0.25, -0.2) is 0 Å². The second-order valence-corrected chi connectivity index (χ2v) is 9.72. The van der Waals surface area contributed by atoms with Gasteiger partial charge in [-0.3, -0.25) is 9.59 Å². The van der Waals surface area contributed by atoms with Gasteiger partial charge in [-0.1, -0.05) is 32.9 Å². The van der Waals surface area contributed by atoms with Crippen LogP contribution in [-0.4, -0.2) is 52.4 Å². The molecule has 6 nitrogen and oxygen atoms in total. The highest BCUT2D eigenvalue weighted by atomic mass is 16.6. The van der Waals surface area contributed by atoms with Crippen molar-refractivity contribution in [3.63, 3.8) is 0 Å². The Balaban J connectivity index is 1.81. The fraction of sp³-hybridized carbons (Fsp3) is 0.818. The molecule has 1 spiro atoms. The Kier molecular flexibility index (Phi) is 5.17. The van der Waals surface area contributed by atoms with Crippen molar-refractivity contribution in [1.29, 1.82) is 0 Å². The van der Waals surface area contributed by atoms with Gasteiger partial charge < -0.3 is 20.3 Å². The minimum absolute atomic E-state index is 0.0111. The summed E-state index contributed by atoms with van der Waals surface area (Å²) in [6, 6.07) is -0.0697. The third-order valence-electron chi connectivity index (χ3n) is 7.36. The number of nitrogens with one attached hydrogen (secondary N) is 1. The first kappa shape index (κ1) is 20.0. The highest BCUT2D eigenvalue weighted by molar-refractivity contribution is 6.09. The van der Waals surface area contributed by atoms with E-state index in [2.05, 4.69) is 26.1 Å². The first-order valence-corrected chi connectivity index (χ1v) is 10.8. The summed E-state index contributed by atoms with van der Waals surface area (Å²) >= 11 is 0. The van der Waals surface area contributed by atoms with Crippen molar-refractivity contribution in [3.05, 3.63) is 12.2 Å². The van der Waals surface area contributed by atoms with E-state index in [1.165, 1.54) is 0 Å². The summed E-state index contributed by atoms with van der Waals surface area (Å²) in [6.07, 6.45) is 4.50. The zero-order valence-electron chi connectivity index (χ0n) is 17.0. The molecule has 2 aliphatic carbocycles. The van der Waals surface area contributed by atoms with Gasteiger partial charge in [0, 0.05) is 24.3 Å². The molecule has 0 bridgehead atoms. The van der Waals surface area contributed by atoms with Gasteiger partial charge >= 0.3 is 0 Å². The summed E-state index contributed by atoms with van der Waals surface area (Å²) in [5, 5.41) is 23.9. The maximum atomic E-state index is 13.7. The van der Waals surface area contributed by atoms with Crippen molar-refractivity contribution in [2.45, 2.75) is 83.3 Å². The molecule has 2 aliphatic heterocycles. The van der Waals surface area contributed by atoms with Crippen LogP contribution in [0.1, 0.15) is 52.9 Å². The van der Waals surface area contributed by atoms with Crippen LogP contribution >= 0.6 is 0 Å². The van der Waals surface area contributed by atoms with Crippen molar-refractivity contribution in [2.24, 2.45) is 29.1 Å². The molecule has 4 rings (SSSR count). The number of amides is 1. The molecule has 4 aliphatic rings. The third-order valence-corrected chi connectivity index (χ3v) is 7.36. The van der Waals surface area contributed by atoms with Gasteiger partial charge in [0.2, 0.25) is 5.91 Å². The number of aliphatic hydroxyl groups is 2. The van der Waals surface area contributed by atoms with Crippen molar-refractivity contribution in [3.8, 4) is 0 Å². The Bertz CT molecular complexity index is 676. The lowest BCUT2D eigenvalue weighted by Crippen LogP contribution is -2.56. The molecule has 28 heavy (non-hydrogen) atoms. The number of fused-ring (bicyclic) bond motifs is 2. The maximum Gasteiger partial charge on any atom is 0.235 e. The summed E-state index contributed by atoms with van der Waals surface area (Å²) in [7, 11) is 0. The summed E-state index contributed by atoms with van der Waals surface area (Å²) in [5.41, 5.74) is -1.21. The lowest BCUT2D eigenvalue weighted by atomic mass is 9.53. The zero-order valence-corrected chi connectivity index (χ0v) is 17.0. The summed E-state index contributed by atoms with van der Waals surface area (Å²) in [5.74, 6) is -0.440. The standard InChI is InChI=1S/C22H33NO5/c1-11(2)9-16-18-12(3)19-20(28-19)15-8-7-13(24)5-4-6-14(25)10-17(26)22(15,18)21(27)23-16/h7-8,11-16,18-20,24-25H,4-6,9-10H2,1-3H3,(H,23,27)/b8-7+/t12-,13-,14-,15-,16-,18-,19+,20-,22+/m0/s1. The molecule has 1 amide bonds. The second-order valence-electron chi connectivity index (χ2n) is 9.72. The summed E-state index contributed by atoms with van der Waals surface area (Å²) in [4.78, 5) is 27.1. The van der Waals surface area contributed by atoms with E-state index < -0.39 is 17.6 Å². The zero-order chi connectivity index (χ0) is 20.2. The Morgan fingerprint density at radius 1 is 1.21 bits per heavy atom. The molecule has 2 saturated heterocycles. The van der Waals surface area contributed by atoms with E-state index in [0.29, 0.717) is 25.2 Å². The molecule has 2 heterocycles. The first-order chi connectivity index (χ1) is 13.3. The van der Waals surface area contributed by atoms with E-state index in [0.717, 1.165) is 6.42 Å². The molecule has 0 aromatic rings. The van der Waals surface area contributed by atoms with E-state index in [9.17, 15) is 19.8 Å². The van der Waals surface area contributed by atoms with E-state index >= 15 is 0 Å². The number of rotatable bonds is 2. The first-order valence-electron chi connectivity index (χ1n) is 10.8. The van der Waals surface area contributed by atoms with Crippen molar-refractivity contribution in [2.75, 3.05) is 0 Å². The van der Waals surface area contributed by atoms with Crippen LogP contribution in [0.2, 0.25) is 0 Å². The molecule has 0 aromatic carbocycles. The van der Waals surface area contributed by atoms with Gasteiger partial charge in [-0.05, 0) is 37.5 Å². The van der Waals surface area contributed by atoms with Gasteiger partial charge in [-0.15, -0.1) is 0 Å². The van der Waals surface area contributed by atoms with Crippen molar-refractivity contribution < 1.29 is 24.5 Å². The van der Waals surface area contributed by atoms with Crippen LogP contribution < -0.4 is 5.32 Å². The maximum absolute atomic E-state index is 13.7. The average molecular weight is 392 g/mol. The minimum Gasteiger partial charge on any atom is -0.393 e. The predicted octanol–water partition coefficient (Wildman–Crippen LogP) is 1.59. The monoisotopic (exact) mass is 391 g/mol. The molecule has 156 valence electrons. The molecule has 9 atom stereocenters. The van der Waals surface area contributed by atoms with Crippen LogP contribution in [0.15, 0.2) is 12.2 Å². The fourth-order valence-electron chi connectivity index (χ4n) is 6.18. The SMILES string of the molecule is CC(C)C[C@@H]1NC(=O)[C@@]23C(=O)C[C@@H](O)CCC[C@H](O)/C=C/[C@H]2[C@@H]2O[C@@H]2[C@@H](C)[C@@H]13. The van der Waals surface area contributed by atoms with Crippen molar-refractivity contribution in [1.82, 2.24) is 5.32 Å². The number of Topliss-reactive ketones (excluding diaryl/α,β-unsaturated/α-hetero) is 1. The highest BCUT2D eigenvalue weighted by Crippen LogP contribution is 2.61. The molecule has 0 radical (unpaired) electrons. The fourth-order valence-corrected chi connectivity index (χ4v) is 6.18. The number of carbonyl (C=O) groups excluding carboxylic acids is 2. The van der Waals surface area contributed by atoms with Crippen molar-refractivity contribution >= 4 is 11.7 Å². The quantitative estimate of drug-likeness (QED) is 0.377. The van der Waals surface area contributed by atoms with Gasteiger partial charge in [0.1, 0.15) is 5.41 Å².